The Morgan fingerprint density at radius 3 is 2.69 bits per heavy atom. The lowest BCUT2D eigenvalue weighted by Crippen LogP contribution is -2.08. The van der Waals surface area contributed by atoms with Crippen LogP contribution in [-0.4, -0.2) is 0 Å². The number of anilines is 1. The third-order valence-corrected chi connectivity index (χ3v) is 2.55. The molecule has 84 valence electrons. The number of benzene rings is 1. The fourth-order valence-electron chi connectivity index (χ4n) is 1.64. The lowest BCUT2D eigenvalue weighted by molar-refractivity contribution is 0.489. The second-order valence-corrected chi connectivity index (χ2v) is 3.81. The summed E-state index contributed by atoms with van der Waals surface area (Å²) in [5.41, 5.74) is 1.42. The van der Waals surface area contributed by atoms with Crippen molar-refractivity contribution < 1.29 is 8.81 Å². The Morgan fingerprint density at radius 2 is 2.06 bits per heavy atom. The summed E-state index contributed by atoms with van der Waals surface area (Å²) >= 11 is 0. The van der Waals surface area contributed by atoms with Gasteiger partial charge >= 0.3 is 0 Å². The van der Waals surface area contributed by atoms with E-state index in [0.717, 1.165) is 11.3 Å². The van der Waals surface area contributed by atoms with Gasteiger partial charge in [0.05, 0.1) is 18.0 Å². The summed E-state index contributed by atoms with van der Waals surface area (Å²) in [7, 11) is 0. The minimum Gasteiger partial charge on any atom is -0.467 e. The van der Waals surface area contributed by atoms with E-state index in [1.165, 1.54) is 6.07 Å². The second kappa shape index (κ2) is 4.39. The highest BCUT2D eigenvalue weighted by molar-refractivity contribution is 5.52. The van der Waals surface area contributed by atoms with Crippen molar-refractivity contribution in [1.29, 1.82) is 0 Å². The zero-order valence-electron chi connectivity index (χ0n) is 9.33. The third kappa shape index (κ3) is 2.08. The van der Waals surface area contributed by atoms with Crippen LogP contribution in [0.2, 0.25) is 0 Å². The first-order chi connectivity index (χ1) is 7.68. The highest BCUT2D eigenvalue weighted by Gasteiger charge is 2.11. The smallest absolute Gasteiger partial charge is 0.146 e. The van der Waals surface area contributed by atoms with Crippen molar-refractivity contribution in [1.82, 2.24) is 0 Å². The van der Waals surface area contributed by atoms with E-state index in [2.05, 4.69) is 5.32 Å². The van der Waals surface area contributed by atoms with Gasteiger partial charge in [0.25, 0.3) is 0 Å². The van der Waals surface area contributed by atoms with Crippen molar-refractivity contribution in [2.45, 2.75) is 19.9 Å². The molecule has 0 bridgehead atoms. The van der Waals surface area contributed by atoms with E-state index in [9.17, 15) is 4.39 Å². The fraction of sp³-hybridized carbons (Fsp3) is 0.231. The van der Waals surface area contributed by atoms with Crippen molar-refractivity contribution in [2.24, 2.45) is 0 Å². The van der Waals surface area contributed by atoms with Crippen molar-refractivity contribution in [3.8, 4) is 0 Å². The topological polar surface area (TPSA) is 25.2 Å². The van der Waals surface area contributed by atoms with Gasteiger partial charge in [-0.15, -0.1) is 0 Å². The molecule has 0 fully saturated rings. The quantitative estimate of drug-likeness (QED) is 0.846. The van der Waals surface area contributed by atoms with Crippen molar-refractivity contribution >= 4 is 5.69 Å². The minimum atomic E-state index is -0.238. The number of rotatable bonds is 3. The predicted molar refractivity (Wildman–Crippen MR) is 61.9 cm³/mol. The predicted octanol–water partition coefficient (Wildman–Crippen LogP) is 3.90. The highest BCUT2D eigenvalue weighted by atomic mass is 19.1. The van der Waals surface area contributed by atoms with Crippen LogP contribution in [0, 0.1) is 12.7 Å². The maximum atomic E-state index is 13.6. The average molecular weight is 219 g/mol. The molecule has 0 aliphatic heterocycles. The largest absolute Gasteiger partial charge is 0.467 e. The van der Waals surface area contributed by atoms with Crippen LogP contribution in [0.1, 0.15) is 24.3 Å². The Hall–Kier alpha value is -1.77. The molecule has 16 heavy (non-hydrogen) atoms. The molecule has 0 amide bonds. The van der Waals surface area contributed by atoms with E-state index >= 15 is 0 Å². The summed E-state index contributed by atoms with van der Waals surface area (Å²) < 4.78 is 18.8. The Labute approximate surface area is 94.1 Å². The average Bonchev–Trinajstić information content (AvgIpc) is 2.76. The molecule has 1 N–H and O–H groups in total. The Morgan fingerprint density at radius 1 is 1.25 bits per heavy atom. The summed E-state index contributed by atoms with van der Waals surface area (Å²) in [6.45, 7) is 3.81. The van der Waals surface area contributed by atoms with Gasteiger partial charge in [-0.2, -0.15) is 0 Å². The summed E-state index contributed by atoms with van der Waals surface area (Å²) in [5.74, 6) is 0.557. The molecule has 1 atom stereocenters. The van der Waals surface area contributed by atoms with Crippen molar-refractivity contribution in [3.63, 3.8) is 0 Å². The molecule has 3 heteroatoms. The Balaban J connectivity index is 2.21. The molecule has 0 aliphatic rings. The van der Waals surface area contributed by atoms with Gasteiger partial charge < -0.3 is 9.73 Å². The third-order valence-electron chi connectivity index (χ3n) is 2.55. The van der Waals surface area contributed by atoms with Crippen LogP contribution in [0.5, 0.6) is 0 Å². The molecule has 0 aliphatic carbocycles. The first kappa shape index (κ1) is 10.7. The van der Waals surface area contributed by atoms with E-state index in [1.54, 1.807) is 12.3 Å². The summed E-state index contributed by atoms with van der Waals surface area (Å²) in [6.07, 6.45) is 1.61. The zero-order valence-corrected chi connectivity index (χ0v) is 9.33. The molecule has 2 rings (SSSR count). The Kier molecular flexibility index (Phi) is 2.95. The van der Waals surface area contributed by atoms with Gasteiger partial charge in [0.15, 0.2) is 0 Å². The lowest BCUT2D eigenvalue weighted by atomic mass is 10.1. The number of nitrogens with one attached hydrogen (secondary N) is 1. The van der Waals surface area contributed by atoms with Gasteiger partial charge in [-0.3, -0.25) is 0 Å². The number of hydrogen-bond donors (Lipinski definition) is 1. The fourth-order valence-corrected chi connectivity index (χ4v) is 1.64. The molecule has 0 radical (unpaired) electrons. The van der Waals surface area contributed by atoms with Crippen molar-refractivity contribution in [2.75, 3.05) is 5.32 Å². The van der Waals surface area contributed by atoms with E-state index in [4.69, 9.17) is 4.42 Å². The molecule has 0 spiro atoms. The summed E-state index contributed by atoms with van der Waals surface area (Å²) in [6, 6.07) is 8.67. The normalized spacial score (nSPS) is 12.4. The number of aryl methyl sites for hydroxylation is 1. The highest BCUT2D eigenvalue weighted by Crippen LogP contribution is 2.24. The first-order valence-electron chi connectivity index (χ1n) is 5.23. The van der Waals surface area contributed by atoms with Gasteiger partial charge in [0.1, 0.15) is 11.6 Å². The van der Waals surface area contributed by atoms with Crippen LogP contribution < -0.4 is 5.32 Å². The van der Waals surface area contributed by atoms with Gasteiger partial charge in [-0.25, -0.2) is 4.39 Å². The van der Waals surface area contributed by atoms with E-state index in [1.807, 2.05) is 32.0 Å². The van der Waals surface area contributed by atoms with Gasteiger partial charge in [-0.05, 0) is 37.6 Å². The van der Waals surface area contributed by atoms with Gasteiger partial charge in [0, 0.05) is 0 Å². The first-order valence-corrected chi connectivity index (χ1v) is 5.23. The molecule has 1 unspecified atom stereocenters. The van der Waals surface area contributed by atoms with Gasteiger partial charge in [-0.1, -0.05) is 12.1 Å². The van der Waals surface area contributed by atoms with E-state index < -0.39 is 0 Å². The number of halogens is 1. The SMILES string of the molecule is Cc1cccc(F)c1NC(C)c1ccco1. The molecule has 0 saturated heterocycles. The second-order valence-electron chi connectivity index (χ2n) is 3.81. The molecule has 0 saturated carbocycles. The van der Waals surface area contributed by atoms with Gasteiger partial charge in [0.2, 0.25) is 0 Å². The monoisotopic (exact) mass is 219 g/mol. The molecule has 1 aromatic carbocycles. The molecule has 1 heterocycles. The van der Waals surface area contributed by atoms with Crippen LogP contribution in [-0.2, 0) is 0 Å². The lowest BCUT2D eigenvalue weighted by Gasteiger charge is -2.15. The minimum absolute atomic E-state index is 0.0504. The zero-order chi connectivity index (χ0) is 11.5. The summed E-state index contributed by atoms with van der Waals surface area (Å²) in [4.78, 5) is 0. The molecular weight excluding hydrogens is 205 g/mol. The molecule has 2 aromatic rings. The Bertz CT molecular complexity index is 445. The number of para-hydroxylation sites is 1. The standard InChI is InChI=1S/C13H14FNO/c1-9-5-3-6-11(14)13(9)15-10(2)12-7-4-8-16-12/h3-8,10,15H,1-2H3. The van der Waals surface area contributed by atoms with Crippen LogP contribution in [0.25, 0.3) is 0 Å². The maximum Gasteiger partial charge on any atom is 0.146 e. The van der Waals surface area contributed by atoms with Crippen LogP contribution >= 0.6 is 0 Å². The number of hydrogen-bond acceptors (Lipinski definition) is 2. The molecule has 1 aromatic heterocycles. The number of furan rings is 1. The molecule has 2 nitrogen and oxygen atoms in total. The summed E-state index contributed by atoms with van der Waals surface area (Å²) in [5, 5.41) is 3.11. The van der Waals surface area contributed by atoms with Crippen LogP contribution in [0.4, 0.5) is 10.1 Å². The maximum absolute atomic E-state index is 13.6. The molecular formula is C13H14FNO. The van der Waals surface area contributed by atoms with E-state index in [-0.39, 0.29) is 11.9 Å². The van der Waals surface area contributed by atoms with E-state index in [0.29, 0.717) is 5.69 Å². The van der Waals surface area contributed by atoms with Crippen LogP contribution in [0.15, 0.2) is 41.0 Å². The van der Waals surface area contributed by atoms with Crippen molar-refractivity contribution in [3.05, 3.63) is 53.7 Å². The van der Waals surface area contributed by atoms with Crippen LogP contribution in [0.3, 0.4) is 0 Å².